The lowest BCUT2D eigenvalue weighted by molar-refractivity contribution is 0.477. The topological polar surface area (TPSA) is 59.1 Å². The number of nitrogens with zero attached hydrogens (tertiary/aromatic N) is 1. The van der Waals surface area contributed by atoms with Gasteiger partial charge < -0.3 is 10.8 Å². The molecule has 0 unspecified atom stereocenters. The number of rotatable bonds is 1. The van der Waals surface area contributed by atoms with Gasteiger partial charge in [-0.05, 0) is 18.2 Å². The van der Waals surface area contributed by atoms with Crippen molar-refractivity contribution in [3.05, 3.63) is 42.7 Å². The first-order valence-corrected chi connectivity index (χ1v) is 4.26. The zero-order valence-electron chi connectivity index (χ0n) is 7.51. The summed E-state index contributed by atoms with van der Waals surface area (Å²) in [6, 6.07) is 8.77. The van der Waals surface area contributed by atoms with E-state index in [9.17, 15) is 5.11 Å². The predicted octanol–water partition coefficient (Wildman–Crippen LogP) is 2.04. The second-order valence-corrected chi connectivity index (χ2v) is 3.02. The highest BCUT2D eigenvalue weighted by Crippen LogP contribution is 2.29. The third-order valence-corrected chi connectivity index (χ3v) is 1.99. The molecule has 0 bridgehead atoms. The Hall–Kier alpha value is -2.03. The Morgan fingerprint density at radius 3 is 2.71 bits per heavy atom. The summed E-state index contributed by atoms with van der Waals surface area (Å²) in [5.74, 6) is 0.179. The number of hydrogen-bond acceptors (Lipinski definition) is 3. The first-order valence-electron chi connectivity index (χ1n) is 4.26. The van der Waals surface area contributed by atoms with Crippen molar-refractivity contribution in [2.45, 2.75) is 0 Å². The molecule has 0 saturated heterocycles. The third kappa shape index (κ3) is 1.52. The maximum absolute atomic E-state index is 9.64. The molecule has 0 amide bonds. The minimum absolute atomic E-state index is 0.179. The Bertz CT molecular complexity index is 440. The van der Waals surface area contributed by atoms with Crippen LogP contribution < -0.4 is 5.73 Å². The molecule has 0 spiro atoms. The summed E-state index contributed by atoms with van der Waals surface area (Å²) >= 11 is 0. The van der Waals surface area contributed by atoms with E-state index < -0.39 is 0 Å². The maximum atomic E-state index is 9.64. The minimum Gasteiger partial charge on any atom is -0.507 e. The van der Waals surface area contributed by atoms with E-state index in [4.69, 9.17) is 5.73 Å². The van der Waals surface area contributed by atoms with Gasteiger partial charge in [-0.2, -0.15) is 0 Å². The molecule has 1 aromatic heterocycles. The number of nitrogen functional groups attached to an aromatic ring is 1. The zero-order chi connectivity index (χ0) is 9.97. The van der Waals surface area contributed by atoms with Crippen molar-refractivity contribution < 1.29 is 5.11 Å². The number of phenolic OH excluding ortho intramolecular Hbond substituents is 1. The molecule has 0 aliphatic heterocycles. The number of aromatic nitrogens is 1. The van der Waals surface area contributed by atoms with Gasteiger partial charge >= 0.3 is 0 Å². The van der Waals surface area contributed by atoms with Crippen molar-refractivity contribution in [3.63, 3.8) is 0 Å². The van der Waals surface area contributed by atoms with E-state index in [0.717, 1.165) is 11.1 Å². The fourth-order valence-corrected chi connectivity index (χ4v) is 1.31. The molecule has 3 N–H and O–H groups in total. The van der Waals surface area contributed by atoms with Gasteiger partial charge in [0.15, 0.2) is 0 Å². The van der Waals surface area contributed by atoms with Crippen LogP contribution in [0.5, 0.6) is 5.75 Å². The average molecular weight is 186 g/mol. The van der Waals surface area contributed by atoms with E-state index in [1.165, 1.54) is 6.07 Å². The van der Waals surface area contributed by atoms with Gasteiger partial charge in [0.05, 0.1) is 0 Å². The van der Waals surface area contributed by atoms with Crippen LogP contribution in [-0.2, 0) is 0 Å². The van der Waals surface area contributed by atoms with E-state index in [2.05, 4.69) is 4.98 Å². The summed E-state index contributed by atoms with van der Waals surface area (Å²) in [4.78, 5) is 3.98. The van der Waals surface area contributed by atoms with Crippen LogP contribution in [0.1, 0.15) is 0 Å². The highest BCUT2D eigenvalue weighted by atomic mass is 16.3. The van der Waals surface area contributed by atoms with Gasteiger partial charge in [0.2, 0.25) is 0 Å². The van der Waals surface area contributed by atoms with Crippen molar-refractivity contribution >= 4 is 5.69 Å². The Labute approximate surface area is 81.8 Å². The van der Waals surface area contributed by atoms with Crippen LogP contribution in [0, 0.1) is 0 Å². The quantitative estimate of drug-likeness (QED) is 0.670. The minimum atomic E-state index is 0.179. The van der Waals surface area contributed by atoms with Crippen LogP contribution in [0.3, 0.4) is 0 Å². The molecular weight excluding hydrogens is 176 g/mol. The number of aromatic hydroxyl groups is 1. The van der Waals surface area contributed by atoms with Crippen molar-refractivity contribution in [2.75, 3.05) is 5.73 Å². The zero-order valence-corrected chi connectivity index (χ0v) is 7.51. The van der Waals surface area contributed by atoms with Crippen molar-refractivity contribution in [1.82, 2.24) is 4.98 Å². The summed E-state index contributed by atoms with van der Waals surface area (Å²) in [5, 5.41) is 9.64. The number of hydrogen-bond donors (Lipinski definition) is 2. The SMILES string of the molecule is Nc1ccc(-c2cccnc2)c(O)c1. The Kier molecular flexibility index (Phi) is 2.07. The lowest BCUT2D eigenvalue weighted by atomic mass is 10.1. The van der Waals surface area contributed by atoms with E-state index in [1.807, 2.05) is 12.1 Å². The molecule has 0 fully saturated rings. The molecule has 2 rings (SSSR count). The molecule has 1 aromatic carbocycles. The van der Waals surface area contributed by atoms with E-state index >= 15 is 0 Å². The lowest BCUT2D eigenvalue weighted by Gasteiger charge is -2.04. The van der Waals surface area contributed by atoms with Crippen LogP contribution in [0.15, 0.2) is 42.7 Å². The third-order valence-electron chi connectivity index (χ3n) is 1.99. The monoisotopic (exact) mass is 186 g/mol. The van der Waals surface area contributed by atoms with Crippen LogP contribution >= 0.6 is 0 Å². The summed E-state index contributed by atoms with van der Waals surface area (Å²) in [5.41, 5.74) is 7.70. The van der Waals surface area contributed by atoms with Crippen LogP contribution in [0.4, 0.5) is 5.69 Å². The smallest absolute Gasteiger partial charge is 0.125 e. The molecule has 3 nitrogen and oxygen atoms in total. The number of pyridine rings is 1. The van der Waals surface area contributed by atoms with Crippen LogP contribution in [-0.4, -0.2) is 10.1 Å². The molecule has 2 aromatic rings. The first kappa shape index (κ1) is 8.56. The van der Waals surface area contributed by atoms with Crippen LogP contribution in [0.25, 0.3) is 11.1 Å². The second kappa shape index (κ2) is 3.38. The van der Waals surface area contributed by atoms with Crippen molar-refractivity contribution in [1.29, 1.82) is 0 Å². The summed E-state index contributed by atoms with van der Waals surface area (Å²) in [6.45, 7) is 0. The summed E-state index contributed by atoms with van der Waals surface area (Å²) in [6.07, 6.45) is 3.39. The second-order valence-electron chi connectivity index (χ2n) is 3.02. The molecular formula is C11H10N2O. The lowest BCUT2D eigenvalue weighted by Crippen LogP contribution is -1.85. The van der Waals surface area contributed by atoms with Gasteiger partial charge in [0.1, 0.15) is 5.75 Å². The summed E-state index contributed by atoms with van der Waals surface area (Å²) in [7, 11) is 0. The Morgan fingerprint density at radius 2 is 2.07 bits per heavy atom. The molecule has 0 radical (unpaired) electrons. The maximum Gasteiger partial charge on any atom is 0.125 e. The molecule has 0 atom stereocenters. The molecule has 1 heterocycles. The molecule has 70 valence electrons. The van der Waals surface area contributed by atoms with E-state index in [-0.39, 0.29) is 5.75 Å². The number of benzene rings is 1. The molecule has 0 saturated carbocycles. The first-order chi connectivity index (χ1) is 6.77. The van der Waals surface area contributed by atoms with Gasteiger partial charge in [-0.15, -0.1) is 0 Å². The van der Waals surface area contributed by atoms with Gasteiger partial charge in [-0.25, -0.2) is 0 Å². The van der Waals surface area contributed by atoms with Gasteiger partial charge in [-0.1, -0.05) is 6.07 Å². The van der Waals surface area contributed by atoms with Crippen LogP contribution in [0.2, 0.25) is 0 Å². The summed E-state index contributed by atoms with van der Waals surface area (Å²) < 4.78 is 0. The fourth-order valence-electron chi connectivity index (χ4n) is 1.31. The Morgan fingerprint density at radius 1 is 1.21 bits per heavy atom. The highest BCUT2D eigenvalue weighted by Gasteiger charge is 2.03. The predicted molar refractivity (Wildman–Crippen MR) is 55.8 cm³/mol. The Balaban J connectivity index is 2.53. The standard InChI is InChI=1S/C11H10N2O/c12-9-3-4-10(11(14)6-9)8-2-1-5-13-7-8/h1-7,14H,12H2. The number of nitrogens with two attached hydrogens (primary N) is 1. The highest BCUT2D eigenvalue weighted by molar-refractivity contribution is 5.71. The molecule has 0 aliphatic rings. The van der Waals surface area contributed by atoms with E-state index in [0.29, 0.717) is 5.69 Å². The van der Waals surface area contributed by atoms with Gasteiger partial charge in [-0.3, -0.25) is 4.98 Å². The number of phenols is 1. The molecule has 14 heavy (non-hydrogen) atoms. The fraction of sp³-hybridized carbons (Fsp3) is 0. The van der Waals surface area contributed by atoms with Crippen molar-refractivity contribution in [3.8, 4) is 16.9 Å². The van der Waals surface area contributed by atoms with E-state index in [1.54, 1.807) is 24.5 Å². The van der Waals surface area contributed by atoms with Crippen molar-refractivity contribution in [2.24, 2.45) is 0 Å². The van der Waals surface area contributed by atoms with Gasteiger partial charge in [0.25, 0.3) is 0 Å². The number of anilines is 1. The average Bonchev–Trinajstić information content (AvgIpc) is 2.19. The normalized spacial score (nSPS) is 10.0. The molecule has 0 aliphatic carbocycles. The largest absolute Gasteiger partial charge is 0.507 e. The molecule has 3 heteroatoms. The van der Waals surface area contributed by atoms with Gasteiger partial charge in [0, 0.05) is 35.3 Å².